The first-order valence-electron chi connectivity index (χ1n) is 4.11. The maximum Gasteiger partial charge on any atom is 0.290 e. The number of carbonyl (C=O) groups is 1. The Morgan fingerprint density at radius 2 is 2.46 bits per heavy atom. The van der Waals surface area contributed by atoms with Gasteiger partial charge in [0.1, 0.15) is 0 Å². The molecule has 1 saturated carbocycles. The molecule has 6 nitrogen and oxygen atoms in total. The van der Waals surface area contributed by atoms with E-state index in [0.29, 0.717) is 18.5 Å². The van der Waals surface area contributed by atoms with Gasteiger partial charge in [0.2, 0.25) is 5.89 Å². The van der Waals surface area contributed by atoms with Gasteiger partial charge in [0.05, 0.1) is 6.54 Å². The Morgan fingerprint density at radius 1 is 1.69 bits per heavy atom. The van der Waals surface area contributed by atoms with Gasteiger partial charge in [-0.2, -0.15) is 4.98 Å². The third-order valence-electron chi connectivity index (χ3n) is 1.81. The molecule has 1 fully saturated rings. The van der Waals surface area contributed by atoms with E-state index in [1.54, 1.807) is 0 Å². The van der Waals surface area contributed by atoms with Crippen molar-refractivity contribution in [1.82, 2.24) is 15.5 Å². The van der Waals surface area contributed by atoms with E-state index in [9.17, 15) is 4.79 Å². The molecule has 6 heteroatoms. The molecule has 1 heterocycles. The summed E-state index contributed by atoms with van der Waals surface area (Å²) in [5.74, 6) is -0.324. The van der Waals surface area contributed by atoms with E-state index in [4.69, 9.17) is 10.3 Å². The van der Waals surface area contributed by atoms with Crippen LogP contribution in [0.5, 0.6) is 0 Å². The fourth-order valence-electron chi connectivity index (χ4n) is 0.946. The van der Waals surface area contributed by atoms with E-state index >= 15 is 0 Å². The quantitative estimate of drug-likeness (QED) is 0.649. The van der Waals surface area contributed by atoms with E-state index in [1.807, 2.05) is 0 Å². The summed E-state index contributed by atoms with van der Waals surface area (Å²) in [7, 11) is 0. The summed E-state index contributed by atoms with van der Waals surface area (Å²) in [6, 6.07) is 0.573. The molecular formula is C7H10N4O2. The van der Waals surface area contributed by atoms with Crippen LogP contribution in [0.2, 0.25) is 0 Å². The molecule has 3 N–H and O–H groups in total. The van der Waals surface area contributed by atoms with Crippen LogP contribution in [0.4, 0.5) is 0 Å². The first-order valence-corrected chi connectivity index (χ1v) is 4.11. The maximum atomic E-state index is 10.6. The third kappa shape index (κ3) is 2.03. The maximum absolute atomic E-state index is 10.6. The normalized spacial score (nSPS) is 16.0. The van der Waals surface area contributed by atoms with E-state index in [1.165, 1.54) is 12.8 Å². The molecule has 1 aliphatic carbocycles. The Morgan fingerprint density at radius 3 is 3.00 bits per heavy atom. The lowest BCUT2D eigenvalue weighted by atomic mass is 10.5. The van der Waals surface area contributed by atoms with E-state index in [2.05, 4.69) is 15.5 Å². The van der Waals surface area contributed by atoms with Crippen molar-refractivity contribution in [2.24, 2.45) is 5.73 Å². The van der Waals surface area contributed by atoms with Crippen molar-refractivity contribution in [3.8, 4) is 0 Å². The third-order valence-corrected chi connectivity index (χ3v) is 1.81. The van der Waals surface area contributed by atoms with Crippen LogP contribution >= 0.6 is 0 Å². The number of nitrogens with two attached hydrogens (primary N) is 1. The van der Waals surface area contributed by atoms with E-state index in [-0.39, 0.29) is 5.82 Å². The highest BCUT2D eigenvalue weighted by atomic mass is 16.5. The first-order chi connectivity index (χ1) is 6.25. The van der Waals surface area contributed by atoms with Gasteiger partial charge in [0, 0.05) is 6.04 Å². The number of carbonyl (C=O) groups excluding carboxylic acids is 1. The van der Waals surface area contributed by atoms with Crippen LogP contribution in [0, 0.1) is 0 Å². The summed E-state index contributed by atoms with van der Waals surface area (Å²) in [5.41, 5.74) is 4.95. The van der Waals surface area contributed by atoms with E-state index in [0.717, 1.165) is 0 Å². The van der Waals surface area contributed by atoms with Gasteiger partial charge >= 0.3 is 0 Å². The highest BCUT2D eigenvalue weighted by Gasteiger charge is 2.21. The number of nitrogens with one attached hydrogen (secondary N) is 1. The van der Waals surface area contributed by atoms with Crippen LogP contribution in [-0.2, 0) is 6.54 Å². The lowest BCUT2D eigenvalue weighted by Gasteiger charge is -1.94. The van der Waals surface area contributed by atoms with Crippen molar-refractivity contribution in [3.63, 3.8) is 0 Å². The van der Waals surface area contributed by atoms with Crippen LogP contribution < -0.4 is 11.1 Å². The van der Waals surface area contributed by atoms with Gasteiger partial charge in [0.15, 0.2) is 0 Å². The van der Waals surface area contributed by atoms with E-state index < -0.39 is 5.91 Å². The van der Waals surface area contributed by atoms with Gasteiger partial charge in [-0.15, -0.1) is 0 Å². The number of amides is 1. The molecule has 0 spiro atoms. The fourth-order valence-corrected chi connectivity index (χ4v) is 0.946. The molecule has 1 aromatic heterocycles. The Bertz CT molecular complexity index is 318. The lowest BCUT2D eigenvalue weighted by molar-refractivity contribution is 0.0987. The van der Waals surface area contributed by atoms with Gasteiger partial charge < -0.3 is 15.6 Å². The van der Waals surface area contributed by atoms with Gasteiger partial charge in [-0.1, -0.05) is 5.16 Å². The molecule has 0 bridgehead atoms. The minimum absolute atomic E-state index is 0.0624. The van der Waals surface area contributed by atoms with Gasteiger partial charge in [-0.25, -0.2) is 0 Å². The zero-order chi connectivity index (χ0) is 9.26. The monoisotopic (exact) mass is 182 g/mol. The molecular weight excluding hydrogens is 172 g/mol. The summed E-state index contributed by atoms with van der Waals surface area (Å²) >= 11 is 0. The molecule has 0 atom stereocenters. The highest BCUT2D eigenvalue weighted by Crippen LogP contribution is 2.18. The van der Waals surface area contributed by atoms with Gasteiger partial charge in [0.25, 0.3) is 11.7 Å². The minimum Gasteiger partial charge on any atom is -0.363 e. The van der Waals surface area contributed by atoms with Crippen molar-refractivity contribution < 1.29 is 9.32 Å². The number of aromatic nitrogens is 2. The van der Waals surface area contributed by atoms with Crippen molar-refractivity contribution >= 4 is 5.91 Å². The Kier molecular flexibility index (Phi) is 1.97. The summed E-state index contributed by atoms with van der Waals surface area (Å²) in [5, 5.41) is 6.59. The van der Waals surface area contributed by atoms with Gasteiger partial charge in [-0.05, 0) is 12.8 Å². The first kappa shape index (κ1) is 8.18. The summed E-state index contributed by atoms with van der Waals surface area (Å²) in [6.45, 7) is 0.505. The molecule has 1 aromatic rings. The summed E-state index contributed by atoms with van der Waals surface area (Å²) in [4.78, 5) is 14.4. The zero-order valence-electron chi connectivity index (χ0n) is 6.99. The largest absolute Gasteiger partial charge is 0.363 e. The SMILES string of the molecule is NC(=O)c1noc(CNC2CC2)n1. The predicted octanol–water partition coefficient (Wildman–Crippen LogP) is -0.580. The van der Waals surface area contributed by atoms with Crippen molar-refractivity contribution in [2.45, 2.75) is 25.4 Å². The smallest absolute Gasteiger partial charge is 0.290 e. The van der Waals surface area contributed by atoms with Crippen molar-refractivity contribution in [3.05, 3.63) is 11.7 Å². The fraction of sp³-hybridized carbons (Fsp3) is 0.571. The number of rotatable bonds is 4. The Labute approximate surface area is 74.5 Å². The topological polar surface area (TPSA) is 94.0 Å². The lowest BCUT2D eigenvalue weighted by Crippen LogP contribution is -2.16. The molecule has 2 rings (SSSR count). The van der Waals surface area contributed by atoms with Crippen molar-refractivity contribution in [2.75, 3.05) is 0 Å². The molecule has 0 aliphatic heterocycles. The van der Waals surface area contributed by atoms with Crippen LogP contribution in [0.25, 0.3) is 0 Å². The molecule has 70 valence electrons. The summed E-state index contributed by atoms with van der Waals surface area (Å²) < 4.78 is 4.78. The summed E-state index contributed by atoms with van der Waals surface area (Å²) in [6.07, 6.45) is 2.38. The number of primary amides is 1. The second kappa shape index (κ2) is 3.14. The number of hydrogen-bond donors (Lipinski definition) is 2. The molecule has 13 heavy (non-hydrogen) atoms. The molecule has 0 aromatic carbocycles. The molecule has 0 saturated heterocycles. The molecule has 0 unspecified atom stereocenters. The molecule has 1 amide bonds. The number of hydrogen-bond acceptors (Lipinski definition) is 5. The van der Waals surface area contributed by atoms with Crippen LogP contribution in [0.1, 0.15) is 29.4 Å². The standard InChI is InChI=1S/C7H10N4O2/c8-6(12)7-10-5(13-11-7)3-9-4-1-2-4/h4,9H,1-3H2,(H2,8,12). The second-order valence-electron chi connectivity index (χ2n) is 3.03. The molecule has 1 aliphatic rings. The average molecular weight is 182 g/mol. The minimum atomic E-state index is -0.665. The second-order valence-corrected chi connectivity index (χ2v) is 3.03. The Hall–Kier alpha value is -1.43. The van der Waals surface area contributed by atoms with Crippen molar-refractivity contribution in [1.29, 1.82) is 0 Å². The van der Waals surface area contributed by atoms with Crippen LogP contribution in [0.3, 0.4) is 0 Å². The zero-order valence-corrected chi connectivity index (χ0v) is 6.99. The average Bonchev–Trinajstić information content (AvgIpc) is 2.79. The Balaban J connectivity index is 1.92. The van der Waals surface area contributed by atoms with Crippen LogP contribution in [0.15, 0.2) is 4.52 Å². The van der Waals surface area contributed by atoms with Gasteiger partial charge in [-0.3, -0.25) is 4.79 Å². The highest BCUT2D eigenvalue weighted by molar-refractivity contribution is 5.88. The molecule has 0 radical (unpaired) electrons. The van der Waals surface area contributed by atoms with Crippen LogP contribution in [-0.4, -0.2) is 22.1 Å². The predicted molar refractivity (Wildman–Crippen MR) is 42.7 cm³/mol. The number of nitrogens with zero attached hydrogens (tertiary/aromatic N) is 2.